The zero-order valence-corrected chi connectivity index (χ0v) is 10.9. The average molecular weight is 286 g/mol. The van der Waals surface area contributed by atoms with Gasteiger partial charge >= 0.3 is 5.97 Å². The van der Waals surface area contributed by atoms with Crippen LogP contribution in [0.2, 0.25) is 5.02 Å². The molecular weight excluding hydrogens is 273 g/mol. The molecular formula is C13H13ClFNO3. The highest BCUT2D eigenvalue weighted by Crippen LogP contribution is 2.25. The Morgan fingerprint density at radius 2 is 2.11 bits per heavy atom. The monoisotopic (exact) mass is 285 g/mol. The van der Waals surface area contributed by atoms with Crippen molar-refractivity contribution >= 4 is 23.5 Å². The van der Waals surface area contributed by atoms with Crippen molar-refractivity contribution in [1.29, 1.82) is 0 Å². The normalized spacial score (nSPS) is 19.3. The fourth-order valence-electron chi connectivity index (χ4n) is 2.26. The SMILES string of the molecule is O=C(O)[C@@H]1CCCCN1C(=O)c1cccc(F)c1Cl. The summed E-state index contributed by atoms with van der Waals surface area (Å²) in [4.78, 5) is 24.7. The van der Waals surface area contributed by atoms with Gasteiger partial charge in [0, 0.05) is 6.54 Å². The second kappa shape index (κ2) is 5.57. The van der Waals surface area contributed by atoms with Crippen LogP contribution in [-0.4, -0.2) is 34.5 Å². The number of hydrogen-bond donors (Lipinski definition) is 1. The van der Waals surface area contributed by atoms with Gasteiger partial charge < -0.3 is 10.0 Å². The third-order valence-corrected chi connectivity index (χ3v) is 3.61. The number of nitrogens with zero attached hydrogens (tertiary/aromatic N) is 1. The quantitative estimate of drug-likeness (QED) is 0.908. The molecule has 1 aliphatic rings. The van der Waals surface area contributed by atoms with Crippen LogP contribution in [0.5, 0.6) is 0 Å². The minimum absolute atomic E-state index is 0.00909. The molecule has 0 unspecified atom stereocenters. The summed E-state index contributed by atoms with van der Waals surface area (Å²) in [6, 6.07) is 3.08. The van der Waals surface area contributed by atoms with E-state index in [-0.39, 0.29) is 10.6 Å². The van der Waals surface area contributed by atoms with Crippen molar-refractivity contribution in [3.8, 4) is 0 Å². The lowest BCUT2D eigenvalue weighted by molar-refractivity contribution is -0.143. The van der Waals surface area contributed by atoms with E-state index in [1.54, 1.807) is 0 Å². The Labute approximate surface area is 114 Å². The summed E-state index contributed by atoms with van der Waals surface area (Å²) < 4.78 is 13.3. The first-order valence-electron chi connectivity index (χ1n) is 6.00. The van der Waals surface area contributed by atoms with E-state index >= 15 is 0 Å². The molecule has 0 radical (unpaired) electrons. The maximum Gasteiger partial charge on any atom is 0.326 e. The van der Waals surface area contributed by atoms with Gasteiger partial charge in [0.1, 0.15) is 11.9 Å². The van der Waals surface area contributed by atoms with E-state index in [0.29, 0.717) is 13.0 Å². The molecule has 1 amide bonds. The summed E-state index contributed by atoms with van der Waals surface area (Å²) in [5, 5.41) is 8.87. The van der Waals surface area contributed by atoms with Crippen molar-refractivity contribution in [2.45, 2.75) is 25.3 Å². The molecule has 4 nitrogen and oxygen atoms in total. The van der Waals surface area contributed by atoms with E-state index in [0.717, 1.165) is 18.9 Å². The number of rotatable bonds is 2. The lowest BCUT2D eigenvalue weighted by atomic mass is 10.0. The number of carbonyl (C=O) groups excluding carboxylic acids is 1. The van der Waals surface area contributed by atoms with E-state index in [9.17, 15) is 14.0 Å². The molecule has 1 N–H and O–H groups in total. The number of benzene rings is 1. The third-order valence-electron chi connectivity index (χ3n) is 3.23. The van der Waals surface area contributed by atoms with E-state index in [2.05, 4.69) is 0 Å². The third kappa shape index (κ3) is 2.71. The Kier molecular flexibility index (Phi) is 4.04. The molecule has 1 aliphatic heterocycles. The van der Waals surface area contributed by atoms with Gasteiger partial charge in [0.05, 0.1) is 10.6 Å². The Hall–Kier alpha value is -1.62. The molecule has 1 aromatic rings. The number of carboxylic acids is 1. The number of amides is 1. The number of piperidine rings is 1. The van der Waals surface area contributed by atoms with Crippen LogP contribution in [0.1, 0.15) is 29.6 Å². The van der Waals surface area contributed by atoms with Crippen LogP contribution in [0.25, 0.3) is 0 Å². The molecule has 6 heteroatoms. The maximum absolute atomic E-state index is 13.3. The van der Waals surface area contributed by atoms with Gasteiger partial charge in [-0.3, -0.25) is 4.79 Å². The van der Waals surface area contributed by atoms with E-state index in [1.165, 1.54) is 17.0 Å². The summed E-state index contributed by atoms with van der Waals surface area (Å²) in [5.74, 6) is -2.26. The van der Waals surface area contributed by atoms with Crippen molar-refractivity contribution in [2.24, 2.45) is 0 Å². The molecule has 1 heterocycles. The number of aliphatic carboxylic acids is 1. The molecule has 0 bridgehead atoms. The average Bonchev–Trinajstić information content (AvgIpc) is 2.41. The lowest BCUT2D eigenvalue weighted by Gasteiger charge is -2.33. The van der Waals surface area contributed by atoms with E-state index in [1.807, 2.05) is 0 Å². The zero-order chi connectivity index (χ0) is 14.0. The van der Waals surface area contributed by atoms with Gasteiger partial charge in [-0.15, -0.1) is 0 Å². The zero-order valence-electron chi connectivity index (χ0n) is 10.1. The number of likely N-dealkylation sites (tertiary alicyclic amines) is 1. The molecule has 0 saturated carbocycles. The minimum Gasteiger partial charge on any atom is -0.480 e. The van der Waals surface area contributed by atoms with Crippen LogP contribution in [0.3, 0.4) is 0 Å². The first-order chi connectivity index (χ1) is 9.02. The molecule has 102 valence electrons. The standard InChI is InChI=1S/C13H13ClFNO3/c14-11-8(4-3-5-9(11)15)12(17)16-7-2-1-6-10(16)13(18)19/h3-5,10H,1-2,6-7H2,(H,18,19)/t10-/m0/s1. The molecule has 1 aromatic carbocycles. The van der Waals surface area contributed by atoms with Crippen molar-refractivity contribution < 1.29 is 19.1 Å². The van der Waals surface area contributed by atoms with Crippen molar-refractivity contribution in [1.82, 2.24) is 4.90 Å². The largest absolute Gasteiger partial charge is 0.480 e. The van der Waals surface area contributed by atoms with E-state index in [4.69, 9.17) is 16.7 Å². The molecule has 0 spiro atoms. The fourth-order valence-corrected chi connectivity index (χ4v) is 2.46. The second-order valence-corrected chi connectivity index (χ2v) is 4.83. The van der Waals surface area contributed by atoms with Gasteiger partial charge in [0.2, 0.25) is 0 Å². The molecule has 19 heavy (non-hydrogen) atoms. The van der Waals surface area contributed by atoms with Gasteiger partial charge in [-0.2, -0.15) is 0 Å². The first kappa shape index (κ1) is 13.8. The van der Waals surface area contributed by atoms with Crippen LogP contribution in [0, 0.1) is 5.82 Å². The summed E-state index contributed by atoms with van der Waals surface area (Å²) >= 11 is 5.76. The Morgan fingerprint density at radius 3 is 2.79 bits per heavy atom. The topological polar surface area (TPSA) is 57.6 Å². The Morgan fingerprint density at radius 1 is 1.37 bits per heavy atom. The summed E-state index contributed by atoms with van der Waals surface area (Å²) in [6.45, 7) is 0.350. The highest BCUT2D eigenvalue weighted by molar-refractivity contribution is 6.34. The van der Waals surface area contributed by atoms with Gasteiger partial charge in [0.15, 0.2) is 0 Å². The van der Waals surface area contributed by atoms with Crippen molar-refractivity contribution in [3.63, 3.8) is 0 Å². The molecule has 1 saturated heterocycles. The fraction of sp³-hybridized carbons (Fsp3) is 0.385. The highest BCUT2D eigenvalue weighted by Gasteiger charge is 2.33. The van der Waals surface area contributed by atoms with Crippen LogP contribution in [0.4, 0.5) is 4.39 Å². The lowest BCUT2D eigenvalue weighted by Crippen LogP contribution is -2.48. The van der Waals surface area contributed by atoms with Crippen LogP contribution >= 0.6 is 11.6 Å². The number of carboxylic acid groups (broad SMARTS) is 1. The predicted molar refractivity (Wildman–Crippen MR) is 67.7 cm³/mol. The highest BCUT2D eigenvalue weighted by atomic mass is 35.5. The van der Waals surface area contributed by atoms with Crippen LogP contribution < -0.4 is 0 Å². The predicted octanol–water partition coefficient (Wildman–Crippen LogP) is 2.56. The number of hydrogen-bond acceptors (Lipinski definition) is 2. The number of halogens is 2. The summed E-state index contributed by atoms with van der Waals surface area (Å²) in [6.07, 6.45) is 1.91. The maximum atomic E-state index is 13.3. The summed E-state index contributed by atoms with van der Waals surface area (Å²) in [5.41, 5.74) is 0.00909. The van der Waals surface area contributed by atoms with Gasteiger partial charge in [-0.05, 0) is 31.4 Å². The smallest absolute Gasteiger partial charge is 0.326 e. The van der Waals surface area contributed by atoms with Gasteiger partial charge in [0.25, 0.3) is 5.91 Å². The summed E-state index contributed by atoms with van der Waals surface area (Å²) in [7, 11) is 0. The van der Waals surface area contributed by atoms with Gasteiger partial charge in [-0.25, -0.2) is 9.18 Å². The van der Waals surface area contributed by atoms with Crippen molar-refractivity contribution in [2.75, 3.05) is 6.54 Å². The Bertz CT molecular complexity index is 521. The number of carbonyl (C=O) groups is 2. The Balaban J connectivity index is 2.31. The van der Waals surface area contributed by atoms with Crippen molar-refractivity contribution in [3.05, 3.63) is 34.6 Å². The first-order valence-corrected chi connectivity index (χ1v) is 6.38. The molecule has 2 rings (SSSR count). The van der Waals surface area contributed by atoms with Crippen LogP contribution in [0.15, 0.2) is 18.2 Å². The van der Waals surface area contributed by atoms with E-state index < -0.39 is 23.7 Å². The molecule has 0 aromatic heterocycles. The van der Waals surface area contributed by atoms with Gasteiger partial charge in [-0.1, -0.05) is 17.7 Å². The minimum atomic E-state index is -1.04. The molecule has 0 aliphatic carbocycles. The second-order valence-electron chi connectivity index (χ2n) is 4.45. The molecule has 1 atom stereocenters. The van der Waals surface area contributed by atoms with Crippen LogP contribution in [-0.2, 0) is 4.79 Å². The molecule has 1 fully saturated rings.